The fourth-order valence-corrected chi connectivity index (χ4v) is 2.96. The Labute approximate surface area is 143 Å². The molecular formula is C17H29NO6. The van der Waals surface area contributed by atoms with Crippen molar-refractivity contribution in [2.24, 2.45) is 0 Å². The highest BCUT2D eigenvalue weighted by molar-refractivity contribution is 6.07. The smallest absolute Gasteiger partial charge is 0.343 e. The molecule has 0 aromatic heterocycles. The number of ether oxygens (including phenoxy) is 3. The molecule has 0 unspecified atom stereocenters. The average Bonchev–Trinajstić information content (AvgIpc) is 2.45. The van der Waals surface area contributed by atoms with Gasteiger partial charge in [-0.25, -0.2) is 9.59 Å². The van der Waals surface area contributed by atoms with E-state index in [2.05, 4.69) is 0 Å². The number of carbonyl (C=O) groups is 3. The van der Waals surface area contributed by atoms with Crippen LogP contribution in [0.4, 0.5) is 0 Å². The van der Waals surface area contributed by atoms with E-state index in [1.54, 1.807) is 13.8 Å². The standard InChI is InChI=1S/C17H29NO6/c1-7-22-14(20)17(15(21)23-8-2)10-9-13(24-16(4,5)6)11-18(17)12(3)19/h13H,7-11H2,1-6H3/t13-/m0/s1. The molecule has 1 aliphatic rings. The van der Waals surface area contributed by atoms with Gasteiger partial charge in [0.2, 0.25) is 11.4 Å². The van der Waals surface area contributed by atoms with Gasteiger partial charge in [-0.1, -0.05) is 0 Å². The van der Waals surface area contributed by atoms with Crippen molar-refractivity contribution < 1.29 is 28.6 Å². The molecule has 0 bridgehead atoms. The molecule has 1 atom stereocenters. The Hall–Kier alpha value is -1.63. The van der Waals surface area contributed by atoms with Gasteiger partial charge in [-0.15, -0.1) is 0 Å². The highest BCUT2D eigenvalue weighted by Gasteiger charge is 2.57. The van der Waals surface area contributed by atoms with Crippen molar-refractivity contribution in [1.29, 1.82) is 0 Å². The lowest BCUT2D eigenvalue weighted by Gasteiger charge is -2.45. The number of hydrogen-bond acceptors (Lipinski definition) is 6. The lowest BCUT2D eigenvalue weighted by Crippen LogP contribution is -2.67. The first-order valence-electron chi connectivity index (χ1n) is 8.39. The summed E-state index contributed by atoms with van der Waals surface area (Å²) in [5.41, 5.74) is -2.11. The van der Waals surface area contributed by atoms with E-state index in [0.29, 0.717) is 6.42 Å². The summed E-state index contributed by atoms with van der Waals surface area (Å²) in [6, 6.07) is 0. The SMILES string of the molecule is CCOC(=O)C1(C(=O)OCC)CC[C@H](OC(C)(C)C)CN1C(C)=O. The molecule has 7 nitrogen and oxygen atoms in total. The van der Waals surface area contributed by atoms with Gasteiger partial charge >= 0.3 is 11.9 Å². The second-order valence-electron chi connectivity index (χ2n) is 6.82. The van der Waals surface area contributed by atoms with E-state index < -0.39 is 23.4 Å². The van der Waals surface area contributed by atoms with Crippen molar-refractivity contribution in [2.45, 2.75) is 71.6 Å². The first-order chi connectivity index (χ1) is 11.1. The van der Waals surface area contributed by atoms with Crippen LogP contribution in [-0.4, -0.2) is 59.7 Å². The summed E-state index contributed by atoms with van der Waals surface area (Å²) < 4.78 is 16.1. The maximum atomic E-state index is 12.6. The Morgan fingerprint density at radius 3 is 1.96 bits per heavy atom. The van der Waals surface area contributed by atoms with Crippen LogP contribution in [0.5, 0.6) is 0 Å². The minimum atomic E-state index is -1.73. The zero-order valence-electron chi connectivity index (χ0n) is 15.5. The maximum Gasteiger partial charge on any atom is 0.343 e. The van der Waals surface area contributed by atoms with E-state index in [0.717, 1.165) is 0 Å². The molecular weight excluding hydrogens is 314 g/mol. The molecule has 0 aromatic carbocycles. The normalized spacial score (nSPS) is 20.4. The van der Waals surface area contributed by atoms with Gasteiger partial charge in [0, 0.05) is 13.5 Å². The summed E-state index contributed by atoms with van der Waals surface area (Å²) in [6.45, 7) is 10.8. The molecule has 0 radical (unpaired) electrons. The Balaban J connectivity index is 3.19. The Kier molecular flexibility index (Phi) is 6.77. The van der Waals surface area contributed by atoms with Gasteiger partial charge in [0.05, 0.1) is 24.9 Å². The first-order valence-corrected chi connectivity index (χ1v) is 8.39. The van der Waals surface area contributed by atoms with Crippen LogP contribution >= 0.6 is 0 Å². The van der Waals surface area contributed by atoms with E-state index in [-0.39, 0.29) is 37.9 Å². The van der Waals surface area contributed by atoms with Crippen molar-refractivity contribution in [3.05, 3.63) is 0 Å². The quantitative estimate of drug-likeness (QED) is 0.558. The predicted octanol–water partition coefficient (Wildman–Crippen LogP) is 1.68. The molecule has 0 saturated carbocycles. The van der Waals surface area contributed by atoms with Crippen molar-refractivity contribution in [3.8, 4) is 0 Å². The van der Waals surface area contributed by atoms with E-state index in [1.807, 2.05) is 20.8 Å². The molecule has 1 rings (SSSR count). The molecule has 1 saturated heterocycles. The van der Waals surface area contributed by atoms with Gasteiger partial charge in [-0.3, -0.25) is 4.79 Å². The third-order valence-corrected chi connectivity index (χ3v) is 3.80. The molecule has 24 heavy (non-hydrogen) atoms. The summed E-state index contributed by atoms with van der Waals surface area (Å²) in [5.74, 6) is -1.88. The molecule has 1 amide bonds. The zero-order valence-corrected chi connectivity index (χ0v) is 15.5. The lowest BCUT2D eigenvalue weighted by atomic mass is 9.84. The van der Waals surface area contributed by atoms with Gasteiger partial charge in [0.25, 0.3) is 0 Å². The Bertz CT molecular complexity index is 464. The highest BCUT2D eigenvalue weighted by atomic mass is 16.6. The number of amides is 1. The predicted molar refractivity (Wildman–Crippen MR) is 87.2 cm³/mol. The molecule has 1 heterocycles. The van der Waals surface area contributed by atoms with Crippen LogP contribution in [0.15, 0.2) is 0 Å². The molecule has 1 aliphatic heterocycles. The van der Waals surface area contributed by atoms with Gasteiger partial charge < -0.3 is 19.1 Å². The molecule has 0 aliphatic carbocycles. The van der Waals surface area contributed by atoms with Crippen LogP contribution in [0, 0.1) is 0 Å². The lowest BCUT2D eigenvalue weighted by molar-refractivity contribution is -0.189. The highest BCUT2D eigenvalue weighted by Crippen LogP contribution is 2.34. The maximum absolute atomic E-state index is 12.6. The van der Waals surface area contributed by atoms with E-state index >= 15 is 0 Å². The van der Waals surface area contributed by atoms with Crippen molar-refractivity contribution in [2.75, 3.05) is 19.8 Å². The monoisotopic (exact) mass is 343 g/mol. The summed E-state index contributed by atoms with van der Waals surface area (Å²) in [6.07, 6.45) is 0.315. The Morgan fingerprint density at radius 1 is 1.08 bits per heavy atom. The number of piperidine rings is 1. The van der Waals surface area contributed by atoms with Gasteiger partial charge in [-0.05, 0) is 47.5 Å². The number of nitrogens with zero attached hydrogens (tertiary/aromatic N) is 1. The minimum Gasteiger partial charge on any atom is -0.464 e. The third kappa shape index (κ3) is 4.47. The van der Waals surface area contributed by atoms with E-state index in [1.165, 1.54) is 11.8 Å². The average molecular weight is 343 g/mol. The van der Waals surface area contributed by atoms with Gasteiger partial charge in [0.15, 0.2) is 0 Å². The molecule has 0 spiro atoms. The number of likely N-dealkylation sites (tertiary alicyclic amines) is 1. The van der Waals surface area contributed by atoms with E-state index in [9.17, 15) is 14.4 Å². The van der Waals surface area contributed by atoms with Crippen LogP contribution in [0.25, 0.3) is 0 Å². The summed E-state index contributed by atoms with van der Waals surface area (Å²) in [4.78, 5) is 38.6. The number of rotatable bonds is 5. The topological polar surface area (TPSA) is 82.1 Å². The summed E-state index contributed by atoms with van der Waals surface area (Å²) in [7, 11) is 0. The third-order valence-electron chi connectivity index (χ3n) is 3.80. The minimum absolute atomic E-state index is 0.116. The largest absolute Gasteiger partial charge is 0.464 e. The van der Waals surface area contributed by atoms with Crippen LogP contribution in [0.2, 0.25) is 0 Å². The van der Waals surface area contributed by atoms with Crippen LogP contribution in [-0.2, 0) is 28.6 Å². The second-order valence-corrected chi connectivity index (χ2v) is 6.82. The summed E-state index contributed by atoms with van der Waals surface area (Å²) in [5, 5.41) is 0. The molecule has 138 valence electrons. The Morgan fingerprint density at radius 2 is 1.58 bits per heavy atom. The van der Waals surface area contributed by atoms with Crippen LogP contribution < -0.4 is 0 Å². The molecule has 1 fully saturated rings. The number of hydrogen-bond donors (Lipinski definition) is 0. The van der Waals surface area contributed by atoms with Crippen molar-refractivity contribution >= 4 is 17.8 Å². The van der Waals surface area contributed by atoms with Crippen LogP contribution in [0.3, 0.4) is 0 Å². The van der Waals surface area contributed by atoms with Crippen molar-refractivity contribution in [3.63, 3.8) is 0 Å². The van der Waals surface area contributed by atoms with Gasteiger partial charge in [-0.2, -0.15) is 0 Å². The molecule has 0 aromatic rings. The van der Waals surface area contributed by atoms with Gasteiger partial charge in [0.1, 0.15) is 0 Å². The van der Waals surface area contributed by atoms with Crippen molar-refractivity contribution in [1.82, 2.24) is 4.90 Å². The van der Waals surface area contributed by atoms with E-state index in [4.69, 9.17) is 14.2 Å². The molecule has 0 N–H and O–H groups in total. The fraction of sp³-hybridized carbons (Fsp3) is 0.824. The summed E-state index contributed by atoms with van der Waals surface area (Å²) >= 11 is 0. The number of carbonyl (C=O) groups excluding carboxylic acids is 3. The zero-order chi connectivity index (χ0) is 18.5. The second kappa shape index (κ2) is 7.96. The van der Waals surface area contributed by atoms with Crippen LogP contribution in [0.1, 0.15) is 54.4 Å². The number of esters is 2. The molecule has 7 heteroatoms. The fourth-order valence-electron chi connectivity index (χ4n) is 2.96. The first kappa shape index (κ1) is 20.4.